The van der Waals surface area contributed by atoms with Crippen molar-refractivity contribution in [2.75, 3.05) is 11.6 Å². The van der Waals surface area contributed by atoms with E-state index in [1.54, 1.807) is 6.07 Å². The summed E-state index contributed by atoms with van der Waals surface area (Å²) >= 11 is 12.3. The van der Waals surface area contributed by atoms with Crippen LogP contribution < -0.4 is 10.2 Å². The molecule has 0 amide bonds. The van der Waals surface area contributed by atoms with E-state index in [9.17, 15) is 0 Å². The molecule has 1 N–H and O–H groups in total. The number of hydrogen-bond donors (Lipinski definition) is 1. The Bertz CT molecular complexity index is 603. The molecule has 1 aromatic rings. The largest absolute Gasteiger partial charge is 0.325 e. The van der Waals surface area contributed by atoms with Crippen molar-refractivity contribution in [1.29, 1.82) is 0 Å². The Hall–Kier alpha value is -1.03. The van der Waals surface area contributed by atoms with Gasteiger partial charge in [-0.2, -0.15) is 0 Å². The average molecular weight is 308 g/mol. The van der Waals surface area contributed by atoms with Gasteiger partial charge in [-0.1, -0.05) is 23.2 Å². The molecule has 4 rings (SSSR count). The first-order chi connectivity index (χ1) is 9.70. The summed E-state index contributed by atoms with van der Waals surface area (Å²) in [5.74, 6) is 0. The molecule has 0 spiro atoms. The number of rotatable bonds is 1. The Balaban J connectivity index is 1.77. The Labute approximate surface area is 128 Å². The SMILES string of the molecule is Clc1cc(Cl)cc(N2CN=CC3=C2C[C@H]2CC[C@@H]3N2)c1. The second kappa shape index (κ2) is 4.76. The van der Waals surface area contributed by atoms with Crippen LogP contribution in [0.4, 0.5) is 5.69 Å². The molecule has 3 heterocycles. The van der Waals surface area contributed by atoms with Crippen LogP contribution in [0.3, 0.4) is 0 Å². The first kappa shape index (κ1) is 12.7. The predicted molar refractivity (Wildman–Crippen MR) is 83.9 cm³/mol. The Morgan fingerprint density at radius 3 is 2.75 bits per heavy atom. The summed E-state index contributed by atoms with van der Waals surface area (Å²) in [5.41, 5.74) is 3.75. The maximum Gasteiger partial charge on any atom is 0.114 e. The number of anilines is 1. The van der Waals surface area contributed by atoms with E-state index in [4.69, 9.17) is 23.2 Å². The first-order valence-corrected chi connectivity index (χ1v) is 7.69. The van der Waals surface area contributed by atoms with Crippen LogP contribution in [-0.4, -0.2) is 25.0 Å². The molecule has 20 heavy (non-hydrogen) atoms. The minimum absolute atomic E-state index is 0.463. The minimum Gasteiger partial charge on any atom is -0.325 e. The molecule has 3 nitrogen and oxygen atoms in total. The van der Waals surface area contributed by atoms with Gasteiger partial charge in [0.15, 0.2) is 0 Å². The molecule has 2 bridgehead atoms. The van der Waals surface area contributed by atoms with E-state index >= 15 is 0 Å². The molecule has 0 aromatic heterocycles. The van der Waals surface area contributed by atoms with Gasteiger partial charge >= 0.3 is 0 Å². The van der Waals surface area contributed by atoms with Crippen molar-refractivity contribution in [3.63, 3.8) is 0 Å². The third-order valence-electron chi connectivity index (χ3n) is 4.33. The smallest absolute Gasteiger partial charge is 0.114 e. The number of nitrogens with one attached hydrogen (secondary N) is 1. The third kappa shape index (κ3) is 2.05. The number of nitrogens with zero attached hydrogens (tertiary/aromatic N) is 2. The average Bonchev–Trinajstić information content (AvgIpc) is 2.80. The van der Waals surface area contributed by atoms with E-state index in [0.717, 1.165) is 12.1 Å². The summed E-state index contributed by atoms with van der Waals surface area (Å²) in [4.78, 5) is 6.76. The third-order valence-corrected chi connectivity index (χ3v) is 4.76. The van der Waals surface area contributed by atoms with Gasteiger partial charge in [-0.25, -0.2) is 0 Å². The van der Waals surface area contributed by atoms with Crippen LogP contribution in [0.1, 0.15) is 19.3 Å². The van der Waals surface area contributed by atoms with Crippen LogP contribution >= 0.6 is 23.2 Å². The lowest BCUT2D eigenvalue weighted by atomic mass is 9.99. The second-order valence-corrected chi connectivity index (χ2v) is 6.48. The summed E-state index contributed by atoms with van der Waals surface area (Å²) in [6, 6.07) is 6.75. The predicted octanol–water partition coefficient (Wildman–Crippen LogP) is 3.62. The van der Waals surface area contributed by atoms with Gasteiger partial charge in [0.1, 0.15) is 6.67 Å². The molecule has 0 radical (unpaired) electrons. The molecule has 3 aliphatic heterocycles. The van der Waals surface area contributed by atoms with E-state index < -0.39 is 0 Å². The highest BCUT2D eigenvalue weighted by Crippen LogP contribution is 2.37. The number of fused-ring (bicyclic) bond motifs is 3. The van der Waals surface area contributed by atoms with E-state index in [2.05, 4.69) is 15.2 Å². The van der Waals surface area contributed by atoms with Crippen molar-refractivity contribution in [3.8, 4) is 0 Å². The molecule has 2 atom stereocenters. The van der Waals surface area contributed by atoms with Gasteiger partial charge in [0.2, 0.25) is 0 Å². The van der Waals surface area contributed by atoms with E-state index in [1.165, 1.54) is 24.1 Å². The zero-order valence-electron chi connectivity index (χ0n) is 10.9. The number of hydrogen-bond acceptors (Lipinski definition) is 3. The number of aliphatic imine (C=N–C) groups is 1. The van der Waals surface area contributed by atoms with Crippen LogP contribution in [0.5, 0.6) is 0 Å². The monoisotopic (exact) mass is 307 g/mol. The zero-order chi connectivity index (χ0) is 13.7. The highest BCUT2D eigenvalue weighted by Gasteiger charge is 2.36. The lowest BCUT2D eigenvalue weighted by Gasteiger charge is -2.36. The molecular formula is C15H15Cl2N3. The van der Waals surface area contributed by atoms with Gasteiger partial charge in [-0.05, 0) is 31.0 Å². The maximum absolute atomic E-state index is 6.14. The summed E-state index contributed by atoms with van der Waals surface area (Å²) in [7, 11) is 0. The second-order valence-electron chi connectivity index (χ2n) is 5.61. The Morgan fingerprint density at radius 1 is 1.15 bits per heavy atom. The first-order valence-electron chi connectivity index (χ1n) is 6.93. The summed E-state index contributed by atoms with van der Waals surface area (Å²) in [6.45, 7) is 0.648. The van der Waals surface area contributed by atoms with Gasteiger partial charge in [-0.3, -0.25) is 4.99 Å². The van der Waals surface area contributed by atoms with Crippen molar-refractivity contribution >= 4 is 35.1 Å². The lowest BCUT2D eigenvalue weighted by Crippen LogP contribution is -2.43. The maximum atomic E-state index is 6.14. The summed E-state index contributed by atoms with van der Waals surface area (Å²) < 4.78 is 0. The van der Waals surface area contributed by atoms with Crippen LogP contribution in [-0.2, 0) is 0 Å². The molecule has 5 heteroatoms. The quantitative estimate of drug-likeness (QED) is 0.858. The van der Waals surface area contributed by atoms with E-state index in [1.807, 2.05) is 18.3 Å². The van der Waals surface area contributed by atoms with Gasteiger partial charge in [-0.15, -0.1) is 0 Å². The zero-order valence-corrected chi connectivity index (χ0v) is 12.5. The molecule has 104 valence electrons. The molecule has 3 aliphatic rings. The van der Waals surface area contributed by atoms with Crippen molar-refractivity contribution in [2.24, 2.45) is 4.99 Å². The summed E-state index contributed by atoms with van der Waals surface area (Å²) in [5, 5.41) is 4.99. The Morgan fingerprint density at radius 2 is 1.95 bits per heavy atom. The number of benzene rings is 1. The van der Waals surface area contributed by atoms with Crippen LogP contribution in [0.15, 0.2) is 34.5 Å². The molecular weight excluding hydrogens is 293 g/mol. The van der Waals surface area contributed by atoms with Crippen molar-refractivity contribution in [1.82, 2.24) is 5.32 Å². The highest BCUT2D eigenvalue weighted by molar-refractivity contribution is 6.35. The van der Waals surface area contributed by atoms with Crippen LogP contribution in [0.2, 0.25) is 10.0 Å². The lowest BCUT2D eigenvalue weighted by molar-refractivity contribution is 0.528. The van der Waals surface area contributed by atoms with Crippen molar-refractivity contribution in [3.05, 3.63) is 39.5 Å². The molecule has 1 saturated heterocycles. The fourth-order valence-electron chi connectivity index (χ4n) is 3.45. The van der Waals surface area contributed by atoms with Crippen LogP contribution in [0, 0.1) is 0 Å². The van der Waals surface area contributed by atoms with Gasteiger partial charge in [0.05, 0.1) is 0 Å². The molecule has 0 aliphatic carbocycles. The molecule has 1 aromatic carbocycles. The van der Waals surface area contributed by atoms with Crippen molar-refractivity contribution in [2.45, 2.75) is 31.3 Å². The van der Waals surface area contributed by atoms with E-state index in [-0.39, 0.29) is 0 Å². The van der Waals surface area contributed by atoms with Gasteiger partial charge in [0, 0.05) is 51.7 Å². The Kier molecular flexibility index (Phi) is 3.02. The minimum atomic E-state index is 0.463. The molecule has 0 saturated carbocycles. The standard InChI is InChI=1S/C15H15Cl2N3/c16-9-3-10(17)5-12(4-9)20-8-18-7-13-14-2-1-11(19-14)6-15(13)20/h3-5,7,11,14,19H,1-2,6,8H2/t11-,14+/m1/s1. The summed E-state index contributed by atoms with van der Waals surface area (Å²) in [6.07, 6.45) is 5.55. The fourth-order valence-corrected chi connectivity index (χ4v) is 3.96. The molecule has 1 fully saturated rings. The van der Waals surface area contributed by atoms with Crippen LogP contribution in [0.25, 0.3) is 0 Å². The van der Waals surface area contributed by atoms with E-state index in [0.29, 0.717) is 28.8 Å². The highest BCUT2D eigenvalue weighted by atomic mass is 35.5. The number of halogens is 2. The topological polar surface area (TPSA) is 27.6 Å². The van der Waals surface area contributed by atoms with Gasteiger partial charge in [0.25, 0.3) is 0 Å². The molecule has 0 unspecified atom stereocenters. The van der Waals surface area contributed by atoms with Crippen molar-refractivity contribution < 1.29 is 0 Å². The fraction of sp³-hybridized carbons (Fsp3) is 0.400. The van der Waals surface area contributed by atoms with Gasteiger partial charge < -0.3 is 10.2 Å². The normalized spacial score (nSPS) is 28.0.